The Balaban J connectivity index is 1.83. The molecule has 0 radical (unpaired) electrons. The zero-order valence-corrected chi connectivity index (χ0v) is 16.3. The monoisotopic (exact) mass is 396 g/mol. The second-order valence-corrected chi connectivity index (χ2v) is 7.83. The van der Waals surface area contributed by atoms with Crippen molar-refractivity contribution in [2.24, 2.45) is 7.05 Å². The van der Waals surface area contributed by atoms with E-state index in [2.05, 4.69) is 16.9 Å². The van der Waals surface area contributed by atoms with Crippen LogP contribution in [0.25, 0.3) is 11.4 Å². The lowest BCUT2D eigenvalue weighted by molar-refractivity contribution is 0.209. The number of thiophene rings is 1. The minimum atomic E-state index is -0.267. The molecule has 0 fully saturated rings. The molecule has 0 aliphatic carbocycles. The van der Waals surface area contributed by atoms with Crippen LogP contribution in [0.5, 0.6) is 0 Å². The molecular weight excluding hydrogens is 379 g/mol. The van der Waals surface area contributed by atoms with E-state index in [-0.39, 0.29) is 5.82 Å². The van der Waals surface area contributed by atoms with E-state index in [4.69, 9.17) is 23.8 Å². The van der Waals surface area contributed by atoms with Crippen LogP contribution in [0.15, 0.2) is 36.4 Å². The molecule has 0 aliphatic heterocycles. The Labute approximate surface area is 160 Å². The number of aromatic nitrogens is 3. The van der Waals surface area contributed by atoms with Crippen molar-refractivity contribution < 1.29 is 4.39 Å². The third kappa shape index (κ3) is 4.17. The highest BCUT2D eigenvalue weighted by Crippen LogP contribution is 2.23. The van der Waals surface area contributed by atoms with Gasteiger partial charge in [0.15, 0.2) is 10.6 Å². The standard InChI is InChI=1S/C17H18ClFN4S2/c1-3-22(10-14-8-9-15(18)25-14)11-23-17(24)21(2)16(20-23)12-4-6-13(19)7-5-12/h4-9H,3,10-11H2,1-2H3. The van der Waals surface area contributed by atoms with Gasteiger partial charge in [-0.05, 0) is 55.2 Å². The molecule has 0 spiro atoms. The van der Waals surface area contributed by atoms with Gasteiger partial charge in [0.25, 0.3) is 0 Å². The molecule has 0 bridgehead atoms. The fraction of sp³-hybridized carbons (Fsp3) is 0.294. The first-order chi connectivity index (χ1) is 12.0. The summed E-state index contributed by atoms with van der Waals surface area (Å²) in [5, 5.41) is 4.63. The fourth-order valence-corrected chi connectivity index (χ4v) is 3.85. The van der Waals surface area contributed by atoms with E-state index in [0.717, 1.165) is 28.8 Å². The Bertz CT molecular complexity index is 914. The molecule has 0 unspecified atom stereocenters. The van der Waals surface area contributed by atoms with Gasteiger partial charge in [0.2, 0.25) is 0 Å². The van der Waals surface area contributed by atoms with Crippen LogP contribution in [-0.2, 0) is 20.3 Å². The van der Waals surface area contributed by atoms with Crippen molar-refractivity contribution in [2.45, 2.75) is 20.1 Å². The Hall–Kier alpha value is -1.54. The topological polar surface area (TPSA) is 26.0 Å². The minimum absolute atomic E-state index is 0.267. The van der Waals surface area contributed by atoms with Crippen molar-refractivity contribution >= 4 is 35.2 Å². The van der Waals surface area contributed by atoms with Crippen molar-refractivity contribution in [1.29, 1.82) is 0 Å². The van der Waals surface area contributed by atoms with Gasteiger partial charge < -0.3 is 4.57 Å². The number of rotatable bonds is 6. The van der Waals surface area contributed by atoms with Gasteiger partial charge in [-0.2, -0.15) is 5.10 Å². The number of nitrogens with zero attached hydrogens (tertiary/aromatic N) is 4. The van der Waals surface area contributed by atoms with Crippen LogP contribution in [0, 0.1) is 10.6 Å². The molecule has 132 valence electrons. The molecule has 4 nitrogen and oxygen atoms in total. The normalized spacial score (nSPS) is 11.4. The van der Waals surface area contributed by atoms with E-state index in [0.29, 0.717) is 11.4 Å². The maximum Gasteiger partial charge on any atom is 0.199 e. The summed E-state index contributed by atoms with van der Waals surface area (Å²) in [4.78, 5) is 3.44. The molecule has 0 aliphatic rings. The Kier molecular flexibility index (Phi) is 5.68. The van der Waals surface area contributed by atoms with Crippen LogP contribution in [0.4, 0.5) is 4.39 Å². The Morgan fingerprint density at radius 1 is 1.24 bits per heavy atom. The first kappa shape index (κ1) is 18.3. The van der Waals surface area contributed by atoms with Crippen molar-refractivity contribution in [3.05, 3.63) is 56.2 Å². The first-order valence-electron chi connectivity index (χ1n) is 7.84. The van der Waals surface area contributed by atoms with Crippen LogP contribution in [0.2, 0.25) is 4.34 Å². The van der Waals surface area contributed by atoms with E-state index in [1.54, 1.807) is 28.2 Å². The van der Waals surface area contributed by atoms with Crippen molar-refractivity contribution in [1.82, 2.24) is 19.2 Å². The lowest BCUT2D eigenvalue weighted by Gasteiger charge is -2.19. The third-order valence-corrected chi connectivity index (χ3v) is 5.63. The largest absolute Gasteiger partial charge is 0.303 e. The van der Waals surface area contributed by atoms with Gasteiger partial charge in [0.05, 0.1) is 11.0 Å². The summed E-state index contributed by atoms with van der Waals surface area (Å²) in [5.74, 6) is 0.455. The number of hydrogen-bond acceptors (Lipinski definition) is 4. The summed E-state index contributed by atoms with van der Waals surface area (Å²) in [7, 11) is 1.87. The van der Waals surface area contributed by atoms with Crippen LogP contribution < -0.4 is 0 Å². The molecule has 0 amide bonds. The van der Waals surface area contributed by atoms with Crippen LogP contribution in [0.1, 0.15) is 11.8 Å². The van der Waals surface area contributed by atoms with E-state index in [1.165, 1.54) is 17.0 Å². The molecule has 0 atom stereocenters. The molecule has 0 saturated carbocycles. The lowest BCUT2D eigenvalue weighted by Crippen LogP contribution is -2.26. The molecule has 2 heterocycles. The molecular formula is C17H18ClFN4S2. The molecule has 0 saturated heterocycles. The average Bonchev–Trinajstić information content (AvgIpc) is 3.13. The minimum Gasteiger partial charge on any atom is -0.303 e. The van der Waals surface area contributed by atoms with Crippen molar-refractivity contribution in [3.8, 4) is 11.4 Å². The highest BCUT2D eigenvalue weighted by molar-refractivity contribution is 7.71. The summed E-state index contributed by atoms with van der Waals surface area (Å²) < 4.78 is 18.2. The lowest BCUT2D eigenvalue weighted by atomic mass is 10.2. The first-order valence-corrected chi connectivity index (χ1v) is 9.44. The van der Waals surface area contributed by atoms with Gasteiger partial charge >= 0.3 is 0 Å². The molecule has 2 aromatic heterocycles. The second-order valence-electron chi connectivity index (χ2n) is 5.66. The summed E-state index contributed by atoms with van der Waals surface area (Å²) >= 11 is 13.1. The summed E-state index contributed by atoms with van der Waals surface area (Å²) in [6.45, 7) is 4.33. The molecule has 3 aromatic rings. The highest BCUT2D eigenvalue weighted by atomic mass is 35.5. The van der Waals surface area contributed by atoms with Gasteiger partial charge in [-0.25, -0.2) is 9.07 Å². The number of benzene rings is 1. The van der Waals surface area contributed by atoms with E-state index >= 15 is 0 Å². The predicted molar refractivity (Wildman–Crippen MR) is 103 cm³/mol. The van der Waals surface area contributed by atoms with Crippen LogP contribution >= 0.6 is 35.2 Å². The summed E-state index contributed by atoms with van der Waals surface area (Å²) in [6, 6.07) is 10.2. The number of halogens is 2. The predicted octanol–water partition coefficient (Wildman–Crippen LogP) is 4.95. The maximum atomic E-state index is 13.1. The van der Waals surface area contributed by atoms with Gasteiger partial charge in [-0.1, -0.05) is 18.5 Å². The smallest absolute Gasteiger partial charge is 0.199 e. The van der Waals surface area contributed by atoms with Gasteiger partial charge in [-0.15, -0.1) is 11.3 Å². The Morgan fingerprint density at radius 3 is 2.56 bits per heavy atom. The number of hydrogen-bond donors (Lipinski definition) is 0. The molecule has 3 rings (SSSR count). The van der Waals surface area contributed by atoms with Crippen molar-refractivity contribution in [2.75, 3.05) is 6.54 Å². The molecule has 0 N–H and O–H groups in total. The van der Waals surface area contributed by atoms with Gasteiger partial charge in [-0.3, -0.25) is 4.90 Å². The van der Waals surface area contributed by atoms with Crippen molar-refractivity contribution in [3.63, 3.8) is 0 Å². The quantitative estimate of drug-likeness (QED) is 0.551. The fourth-order valence-electron chi connectivity index (χ4n) is 2.54. The van der Waals surface area contributed by atoms with Gasteiger partial charge in [0.1, 0.15) is 5.82 Å². The van der Waals surface area contributed by atoms with Crippen LogP contribution in [0.3, 0.4) is 0 Å². The highest BCUT2D eigenvalue weighted by Gasteiger charge is 2.13. The molecule has 25 heavy (non-hydrogen) atoms. The summed E-state index contributed by atoms with van der Waals surface area (Å²) in [6.07, 6.45) is 0. The average molecular weight is 397 g/mol. The zero-order valence-electron chi connectivity index (χ0n) is 13.9. The zero-order chi connectivity index (χ0) is 18.0. The van der Waals surface area contributed by atoms with E-state index < -0.39 is 0 Å². The summed E-state index contributed by atoms with van der Waals surface area (Å²) in [5.41, 5.74) is 0.835. The molecule has 1 aromatic carbocycles. The van der Waals surface area contributed by atoms with E-state index in [9.17, 15) is 4.39 Å². The van der Waals surface area contributed by atoms with E-state index in [1.807, 2.05) is 23.7 Å². The third-order valence-electron chi connectivity index (χ3n) is 3.93. The Morgan fingerprint density at radius 2 is 1.96 bits per heavy atom. The second kappa shape index (κ2) is 7.78. The SMILES string of the molecule is CCN(Cc1ccc(Cl)s1)Cn1nc(-c2ccc(F)cc2)n(C)c1=S. The molecule has 8 heteroatoms. The van der Waals surface area contributed by atoms with Crippen LogP contribution in [-0.4, -0.2) is 25.8 Å². The maximum absolute atomic E-state index is 13.1. The van der Waals surface area contributed by atoms with Gasteiger partial charge in [0, 0.05) is 24.0 Å².